The molecule has 0 radical (unpaired) electrons. The SMILES string of the molecule is Cn1cc(CNCC(C)(O)CO)c2ccccc21. The zero-order valence-electron chi connectivity index (χ0n) is 10.8. The second kappa shape index (κ2) is 5.10. The lowest BCUT2D eigenvalue weighted by atomic mass is 10.1. The number of hydrogen-bond acceptors (Lipinski definition) is 3. The Morgan fingerprint density at radius 2 is 2.06 bits per heavy atom. The van der Waals surface area contributed by atoms with E-state index in [9.17, 15) is 5.11 Å². The Hall–Kier alpha value is -1.36. The van der Waals surface area contributed by atoms with E-state index in [0.717, 1.165) is 0 Å². The number of nitrogens with one attached hydrogen (secondary N) is 1. The second-order valence-corrected chi connectivity index (χ2v) is 5.04. The van der Waals surface area contributed by atoms with Crippen LogP contribution >= 0.6 is 0 Å². The Morgan fingerprint density at radius 1 is 1.33 bits per heavy atom. The summed E-state index contributed by atoms with van der Waals surface area (Å²) in [6.07, 6.45) is 2.09. The van der Waals surface area contributed by atoms with Gasteiger partial charge in [0.15, 0.2) is 0 Å². The van der Waals surface area contributed by atoms with Gasteiger partial charge in [0.25, 0.3) is 0 Å². The van der Waals surface area contributed by atoms with Crippen molar-refractivity contribution < 1.29 is 10.2 Å². The maximum Gasteiger partial charge on any atom is 0.0972 e. The predicted molar refractivity (Wildman–Crippen MR) is 72.3 cm³/mol. The lowest BCUT2D eigenvalue weighted by Gasteiger charge is -2.20. The maximum atomic E-state index is 9.70. The Labute approximate surface area is 107 Å². The lowest BCUT2D eigenvalue weighted by molar-refractivity contribution is 0.00255. The van der Waals surface area contributed by atoms with E-state index in [2.05, 4.69) is 28.2 Å². The zero-order chi connectivity index (χ0) is 13.2. The van der Waals surface area contributed by atoms with Crippen molar-refractivity contribution in [3.8, 4) is 0 Å². The summed E-state index contributed by atoms with van der Waals surface area (Å²) in [6.45, 7) is 2.42. The van der Waals surface area contributed by atoms with E-state index in [4.69, 9.17) is 5.11 Å². The second-order valence-electron chi connectivity index (χ2n) is 5.04. The summed E-state index contributed by atoms with van der Waals surface area (Å²) in [5.74, 6) is 0. The Kier molecular flexibility index (Phi) is 3.71. The molecule has 2 rings (SSSR count). The molecule has 2 aromatic rings. The van der Waals surface area contributed by atoms with Crippen LogP contribution in [0, 0.1) is 0 Å². The molecule has 98 valence electrons. The van der Waals surface area contributed by atoms with Gasteiger partial charge < -0.3 is 20.1 Å². The third-order valence-electron chi connectivity index (χ3n) is 3.14. The van der Waals surface area contributed by atoms with E-state index >= 15 is 0 Å². The van der Waals surface area contributed by atoms with Crippen LogP contribution in [0.25, 0.3) is 10.9 Å². The highest BCUT2D eigenvalue weighted by molar-refractivity contribution is 5.83. The molecule has 4 nitrogen and oxygen atoms in total. The highest BCUT2D eigenvalue weighted by Crippen LogP contribution is 2.20. The van der Waals surface area contributed by atoms with Crippen LogP contribution < -0.4 is 5.32 Å². The molecule has 1 atom stereocenters. The molecule has 0 saturated heterocycles. The van der Waals surface area contributed by atoms with Gasteiger partial charge in [0.1, 0.15) is 0 Å². The molecule has 0 aliphatic heterocycles. The monoisotopic (exact) mass is 248 g/mol. The normalized spacial score (nSPS) is 14.9. The van der Waals surface area contributed by atoms with Crippen molar-refractivity contribution in [1.82, 2.24) is 9.88 Å². The number of aryl methyl sites for hydroxylation is 1. The average Bonchev–Trinajstić information content (AvgIpc) is 2.67. The summed E-state index contributed by atoms with van der Waals surface area (Å²) in [6, 6.07) is 8.23. The molecule has 3 N–H and O–H groups in total. The lowest BCUT2D eigenvalue weighted by Crippen LogP contribution is -2.40. The minimum Gasteiger partial charge on any atom is -0.393 e. The van der Waals surface area contributed by atoms with Gasteiger partial charge in [-0.05, 0) is 18.6 Å². The number of nitrogens with zero attached hydrogens (tertiary/aromatic N) is 1. The highest BCUT2D eigenvalue weighted by atomic mass is 16.3. The molecule has 1 heterocycles. The molecule has 0 fully saturated rings. The van der Waals surface area contributed by atoms with Gasteiger partial charge in [-0.15, -0.1) is 0 Å². The summed E-state index contributed by atoms with van der Waals surface area (Å²) < 4.78 is 2.09. The van der Waals surface area contributed by atoms with Gasteiger partial charge in [-0.1, -0.05) is 18.2 Å². The van der Waals surface area contributed by atoms with Crippen LogP contribution in [0.15, 0.2) is 30.5 Å². The molecular weight excluding hydrogens is 228 g/mol. The highest BCUT2D eigenvalue weighted by Gasteiger charge is 2.18. The minimum atomic E-state index is -1.06. The summed E-state index contributed by atoms with van der Waals surface area (Å²) in [4.78, 5) is 0. The van der Waals surface area contributed by atoms with Gasteiger partial charge in [0.2, 0.25) is 0 Å². The van der Waals surface area contributed by atoms with Gasteiger partial charge in [-0.3, -0.25) is 0 Å². The van der Waals surface area contributed by atoms with E-state index in [1.165, 1.54) is 16.5 Å². The van der Waals surface area contributed by atoms with Crippen molar-refractivity contribution in [3.63, 3.8) is 0 Å². The van der Waals surface area contributed by atoms with Crippen LogP contribution in [0.5, 0.6) is 0 Å². The number of hydrogen-bond donors (Lipinski definition) is 3. The van der Waals surface area contributed by atoms with Gasteiger partial charge in [0, 0.05) is 37.2 Å². The first kappa shape index (κ1) is 13.1. The van der Waals surface area contributed by atoms with Gasteiger partial charge in [-0.2, -0.15) is 0 Å². The van der Waals surface area contributed by atoms with Crippen LogP contribution in [-0.4, -0.2) is 33.5 Å². The standard InChI is InChI=1S/C14H20N2O2/c1-14(18,10-17)9-15-7-11-8-16(2)13-6-4-3-5-12(11)13/h3-6,8,15,17-18H,7,9-10H2,1-2H3. The Morgan fingerprint density at radius 3 is 2.78 bits per heavy atom. The molecule has 0 saturated carbocycles. The average molecular weight is 248 g/mol. The predicted octanol–water partition coefficient (Wildman–Crippen LogP) is 1.01. The van der Waals surface area contributed by atoms with Gasteiger partial charge in [-0.25, -0.2) is 0 Å². The molecule has 0 aliphatic carbocycles. The fraction of sp³-hybridized carbons (Fsp3) is 0.429. The van der Waals surface area contributed by atoms with E-state index in [0.29, 0.717) is 13.1 Å². The number of aliphatic hydroxyl groups is 2. The first-order valence-corrected chi connectivity index (χ1v) is 6.10. The van der Waals surface area contributed by atoms with Crippen LogP contribution in [0.3, 0.4) is 0 Å². The number of rotatable bonds is 5. The summed E-state index contributed by atoms with van der Waals surface area (Å²) in [5.41, 5.74) is 1.33. The smallest absolute Gasteiger partial charge is 0.0972 e. The van der Waals surface area contributed by atoms with Crippen molar-refractivity contribution in [2.45, 2.75) is 19.1 Å². The van der Waals surface area contributed by atoms with Gasteiger partial charge >= 0.3 is 0 Å². The van der Waals surface area contributed by atoms with Crippen LogP contribution in [0.4, 0.5) is 0 Å². The number of aliphatic hydroxyl groups excluding tert-OH is 1. The molecule has 4 heteroatoms. The van der Waals surface area contributed by atoms with E-state index in [-0.39, 0.29) is 6.61 Å². The summed E-state index contributed by atoms with van der Waals surface area (Å²) in [5, 5.41) is 23.1. The molecule has 1 aromatic heterocycles. The van der Waals surface area contributed by atoms with E-state index in [1.807, 2.05) is 19.2 Å². The van der Waals surface area contributed by atoms with Crippen molar-refractivity contribution in [2.75, 3.05) is 13.2 Å². The molecular formula is C14H20N2O2. The molecule has 0 amide bonds. The first-order valence-electron chi connectivity index (χ1n) is 6.10. The summed E-state index contributed by atoms with van der Waals surface area (Å²) in [7, 11) is 2.02. The van der Waals surface area contributed by atoms with Crippen LogP contribution in [0.1, 0.15) is 12.5 Å². The van der Waals surface area contributed by atoms with Crippen molar-refractivity contribution >= 4 is 10.9 Å². The third kappa shape index (κ3) is 2.72. The number of para-hydroxylation sites is 1. The van der Waals surface area contributed by atoms with Crippen LogP contribution in [0.2, 0.25) is 0 Å². The quantitative estimate of drug-likeness (QED) is 0.740. The Balaban J connectivity index is 2.09. The molecule has 18 heavy (non-hydrogen) atoms. The van der Waals surface area contributed by atoms with Crippen LogP contribution in [-0.2, 0) is 13.6 Å². The fourth-order valence-corrected chi connectivity index (χ4v) is 2.09. The molecule has 0 spiro atoms. The van der Waals surface area contributed by atoms with E-state index in [1.54, 1.807) is 6.92 Å². The molecule has 1 aromatic carbocycles. The number of aromatic nitrogens is 1. The van der Waals surface area contributed by atoms with Crippen molar-refractivity contribution in [1.29, 1.82) is 0 Å². The van der Waals surface area contributed by atoms with Gasteiger partial charge in [0.05, 0.1) is 12.2 Å². The van der Waals surface area contributed by atoms with Crippen molar-refractivity contribution in [2.24, 2.45) is 7.05 Å². The fourth-order valence-electron chi connectivity index (χ4n) is 2.09. The maximum absolute atomic E-state index is 9.70. The summed E-state index contributed by atoms with van der Waals surface area (Å²) >= 11 is 0. The number of fused-ring (bicyclic) bond motifs is 1. The molecule has 0 aliphatic rings. The van der Waals surface area contributed by atoms with Crippen molar-refractivity contribution in [3.05, 3.63) is 36.0 Å². The minimum absolute atomic E-state index is 0.241. The topological polar surface area (TPSA) is 57.4 Å². The molecule has 0 bridgehead atoms. The first-order chi connectivity index (χ1) is 8.53. The molecule has 1 unspecified atom stereocenters. The Bertz CT molecular complexity index is 532. The number of benzene rings is 1. The third-order valence-corrected chi connectivity index (χ3v) is 3.14. The largest absolute Gasteiger partial charge is 0.393 e. The zero-order valence-corrected chi connectivity index (χ0v) is 10.8. The van der Waals surface area contributed by atoms with E-state index < -0.39 is 5.60 Å².